The van der Waals surface area contributed by atoms with Crippen LogP contribution in [0, 0.1) is 18.3 Å². The van der Waals surface area contributed by atoms with Crippen LogP contribution in [0.3, 0.4) is 0 Å². The Labute approximate surface area is 190 Å². The average Bonchev–Trinajstić information content (AvgIpc) is 2.79. The van der Waals surface area contributed by atoms with Gasteiger partial charge in [0, 0.05) is 16.3 Å². The lowest BCUT2D eigenvalue weighted by Gasteiger charge is -2.11. The third-order valence-electron chi connectivity index (χ3n) is 4.63. The van der Waals surface area contributed by atoms with Crippen LogP contribution >= 0.6 is 11.6 Å². The summed E-state index contributed by atoms with van der Waals surface area (Å²) >= 11 is 6.00. The summed E-state index contributed by atoms with van der Waals surface area (Å²) in [6.07, 6.45) is 1.46. The van der Waals surface area contributed by atoms with E-state index in [4.69, 9.17) is 21.4 Å². The molecule has 0 bridgehead atoms. The van der Waals surface area contributed by atoms with Crippen molar-refractivity contribution in [3.63, 3.8) is 0 Å². The van der Waals surface area contributed by atoms with Crippen LogP contribution in [0.1, 0.15) is 27.0 Å². The number of nitrogens with one attached hydrogen (secondary N) is 1. The lowest BCUT2D eigenvalue weighted by molar-refractivity contribution is -0.112. The molecule has 0 aliphatic heterocycles. The fraction of sp³-hybridized carbons (Fsp3) is 0.0800. The molecule has 0 unspecified atom stereocenters. The molecule has 0 aromatic heterocycles. The van der Waals surface area contributed by atoms with E-state index in [2.05, 4.69) is 5.32 Å². The maximum absolute atomic E-state index is 12.7. The molecule has 6 nitrogen and oxygen atoms in total. The van der Waals surface area contributed by atoms with Crippen LogP contribution < -0.4 is 10.1 Å². The van der Waals surface area contributed by atoms with Gasteiger partial charge in [-0.15, -0.1) is 0 Å². The van der Waals surface area contributed by atoms with E-state index in [0.717, 1.165) is 11.1 Å². The summed E-state index contributed by atoms with van der Waals surface area (Å²) in [5.74, 6) is -1.07. The highest BCUT2D eigenvalue weighted by Gasteiger charge is 2.13. The van der Waals surface area contributed by atoms with E-state index in [1.165, 1.54) is 18.2 Å². The summed E-state index contributed by atoms with van der Waals surface area (Å²) in [6.45, 7) is 2.02. The zero-order valence-electron chi connectivity index (χ0n) is 17.1. The Hall–Kier alpha value is -4.08. The van der Waals surface area contributed by atoms with Crippen LogP contribution in [0.25, 0.3) is 6.08 Å². The topological polar surface area (TPSA) is 99.4 Å². The summed E-state index contributed by atoms with van der Waals surface area (Å²) < 4.78 is 5.85. The number of hydrogen-bond acceptors (Lipinski definition) is 4. The fourth-order valence-corrected chi connectivity index (χ4v) is 3.03. The van der Waals surface area contributed by atoms with Gasteiger partial charge in [-0.25, -0.2) is 4.79 Å². The van der Waals surface area contributed by atoms with Crippen LogP contribution in [-0.2, 0) is 11.4 Å². The molecule has 2 N–H and O–H groups in total. The Morgan fingerprint density at radius 1 is 1.12 bits per heavy atom. The molecule has 3 aromatic rings. The highest BCUT2D eigenvalue weighted by atomic mass is 35.5. The van der Waals surface area contributed by atoms with Gasteiger partial charge in [0.2, 0.25) is 0 Å². The van der Waals surface area contributed by atoms with E-state index in [0.29, 0.717) is 22.0 Å². The standard InChI is InChI=1S/C25H19ClN2O4/c1-16-6-11-21(26)13-22(16)28-24(29)20(14-27)12-19-4-2-3-5-23(19)32-15-17-7-9-18(10-8-17)25(30)31/h2-13H,15H2,1H3,(H,28,29)(H,30,31)/b20-12+. The van der Waals surface area contributed by atoms with Crippen molar-refractivity contribution in [3.05, 3.63) is 99.6 Å². The normalized spacial score (nSPS) is 10.8. The highest BCUT2D eigenvalue weighted by molar-refractivity contribution is 6.31. The molecular weight excluding hydrogens is 428 g/mol. The minimum atomic E-state index is -0.997. The molecule has 0 saturated carbocycles. The van der Waals surface area contributed by atoms with Crippen molar-refractivity contribution in [3.8, 4) is 11.8 Å². The Morgan fingerprint density at radius 3 is 2.53 bits per heavy atom. The number of aryl methyl sites for hydroxylation is 1. The van der Waals surface area contributed by atoms with Gasteiger partial charge in [-0.2, -0.15) is 5.26 Å². The third kappa shape index (κ3) is 5.75. The molecule has 0 saturated heterocycles. The second-order valence-electron chi connectivity index (χ2n) is 6.91. The van der Waals surface area contributed by atoms with E-state index in [1.54, 1.807) is 54.6 Å². The maximum atomic E-state index is 12.7. The Kier molecular flexibility index (Phi) is 7.27. The molecule has 0 spiro atoms. The number of nitrogens with zero attached hydrogens (tertiary/aromatic N) is 1. The maximum Gasteiger partial charge on any atom is 0.335 e. The lowest BCUT2D eigenvalue weighted by Crippen LogP contribution is -2.14. The SMILES string of the molecule is Cc1ccc(Cl)cc1NC(=O)/C(C#N)=C/c1ccccc1OCc1ccc(C(=O)O)cc1. The van der Waals surface area contributed by atoms with Crippen LogP contribution in [0.15, 0.2) is 72.3 Å². The number of ether oxygens (including phenoxy) is 1. The number of para-hydroxylation sites is 1. The first-order chi connectivity index (χ1) is 15.4. The molecule has 32 heavy (non-hydrogen) atoms. The molecular formula is C25H19ClN2O4. The van der Waals surface area contributed by atoms with Crippen molar-refractivity contribution in [2.45, 2.75) is 13.5 Å². The van der Waals surface area contributed by atoms with Gasteiger partial charge >= 0.3 is 5.97 Å². The number of hydrogen-bond donors (Lipinski definition) is 2. The number of anilines is 1. The quantitative estimate of drug-likeness (QED) is 0.370. The number of benzene rings is 3. The number of halogens is 1. The van der Waals surface area contributed by atoms with Gasteiger partial charge in [-0.1, -0.05) is 48.0 Å². The number of amides is 1. The molecule has 7 heteroatoms. The fourth-order valence-electron chi connectivity index (χ4n) is 2.86. The number of carboxylic acids is 1. The Balaban J connectivity index is 1.78. The van der Waals surface area contributed by atoms with Crippen LogP contribution in [0.2, 0.25) is 5.02 Å². The summed E-state index contributed by atoms with van der Waals surface area (Å²) in [5, 5.41) is 21.7. The second-order valence-corrected chi connectivity index (χ2v) is 7.35. The molecule has 3 aromatic carbocycles. The van der Waals surface area contributed by atoms with E-state index < -0.39 is 11.9 Å². The predicted octanol–water partition coefficient (Wildman–Crippen LogP) is 5.47. The van der Waals surface area contributed by atoms with Crippen molar-refractivity contribution >= 4 is 35.2 Å². The molecule has 0 heterocycles. The first-order valence-electron chi connectivity index (χ1n) is 9.60. The van der Waals surface area contributed by atoms with Crippen molar-refractivity contribution in [2.24, 2.45) is 0 Å². The Morgan fingerprint density at radius 2 is 1.84 bits per heavy atom. The van der Waals surface area contributed by atoms with Crippen molar-refractivity contribution < 1.29 is 19.4 Å². The molecule has 1 amide bonds. The molecule has 3 rings (SSSR count). The van der Waals surface area contributed by atoms with Gasteiger partial charge in [0.25, 0.3) is 5.91 Å². The minimum Gasteiger partial charge on any atom is -0.488 e. The highest BCUT2D eigenvalue weighted by Crippen LogP contribution is 2.24. The van der Waals surface area contributed by atoms with Gasteiger partial charge in [0.1, 0.15) is 24.0 Å². The summed E-state index contributed by atoms with van der Waals surface area (Å²) in [5.41, 5.74) is 2.78. The predicted molar refractivity (Wildman–Crippen MR) is 123 cm³/mol. The molecule has 0 aliphatic carbocycles. The first kappa shape index (κ1) is 22.6. The first-order valence-corrected chi connectivity index (χ1v) is 9.98. The number of carbonyl (C=O) groups is 2. The van der Waals surface area contributed by atoms with E-state index in [1.807, 2.05) is 13.0 Å². The molecule has 0 fully saturated rings. The molecule has 0 aliphatic rings. The van der Waals surface area contributed by atoms with Crippen molar-refractivity contribution in [1.29, 1.82) is 5.26 Å². The van der Waals surface area contributed by atoms with Gasteiger partial charge in [-0.3, -0.25) is 4.79 Å². The number of carboxylic acid groups (broad SMARTS) is 1. The number of nitriles is 1. The van der Waals surface area contributed by atoms with Gasteiger partial charge < -0.3 is 15.2 Å². The average molecular weight is 447 g/mol. The van der Waals surface area contributed by atoms with E-state index in [9.17, 15) is 14.9 Å². The lowest BCUT2D eigenvalue weighted by atomic mass is 10.1. The van der Waals surface area contributed by atoms with Crippen molar-refractivity contribution in [2.75, 3.05) is 5.32 Å². The third-order valence-corrected chi connectivity index (χ3v) is 4.86. The number of aromatic carboxylic acids is 1. The number of rotatable bonds is 7. The zero-order valence-corrected chi connectivity index (χ0v) is 17.9. The van der Waals surface area contributed by atoms with Gasteiger partial charge in [0.15, 0.2) is 0 Å². The van der Waals surface area contributed by atoms with Gasteiger partial charge in [-0.05, 0) is 54.5 Å². The van der Waals surface area contributed by atoms with Crippen molar-refractivity contribution in [1.82, 2.24) is 0 Å². The molecule has 0 radical (unpaired) electrons. The van der Waals surface area contributed by atoms with Gasteiger partial charge in [0.05, 0.1) is 5.56 Å². The minimum absolute atomic E-state index is 0.0914. The monoisotopic (exact) mass is 446 g/mol. The largest absolute Gasteiger partial charge is 0.488 e. The van der Waals surface area contributed by atoms with Crippen LogP contribution in [-0.4, -0.2) is 17.0 Å². The van der Waals surface area contributed by atoms with Crippen LogP contribution in [0.4, 0.5) is 5.69 Å². The second kappa shape index (κ2) is 10.3. The summed E-state index contributed by atoms with van der Waals surface area (Å²) in [6, 6.07) is 20.4. The summed E-state index contributed by atoms with van der Waals surface area (Å²) in [4.78, 5) is 23.6. The smallest absolute Gasteiger partial charge is 0.335 e. The van der Waals surface area contributed by atoms with E-state index >= 15 is 0 Å². The summed E-state index contributed by atoms with van der Waals surface area (Å²) in [7, 11) is 0. The van der Waals surface area contributed by atoms with Crippen LogP contribution in [0.5, 0.6) is 5.75 Å². The van der Waals surface area contributed by atoms with E-state index in [-0.39, 0.29) is 17.7 Å². The zero-order chi connectivity index (χ0) is 23.1. The number of carbonyl (C=O) groups excluding carboxylic acids is 1. The molecule has 0 atom stereocenters. The molecule has 160 valence electrons. The Bertz CT molecular complexity index is 1230.